The molecule has 0 saturated heterocycles. The smallest absolute Gasteiger partial charge is 0.235 e. The molecule has 5 nitrogen and oxygen atoms in total. The van der Waals surface area contributed by atoms with Gasteiger partial charge in [0.2, 0.25) is 22.8 Å². The van der Waals surface area contributed by atoms with Crippen LogP contribution in [0.25, 0.3) is 0 Å². The van der Waals surface area contributed by atoms with Crippen LogP contribution in [0.1, 0.15) is 29.4 Å². The van der Waals surface area contributed by atoms with Crippen LogP contribution in [0.4, 0.5) is 0 Å². The predicted octanol–water partition coefficient (Wildman–Crippen LogP) is 0.762. The van der Waals surface area contributed by atoms with E-state index >= 15 is 0 Å². The van der Waals surface area contributed by atoms with Crippen LogP contribution in [0.3, 0.4) is 0 Å². The van der Waals surface area contributed by atoms with E-state index in [1.807, 2.05) is 12.2 Å². The van der Waals surface area contributed by atoms with Gasteiger partial charge in [-0.05, 0) is 6.42 Å². The fraction of sp³-hybridized carbons (Fsp3) is 0.400. The Hall–Kier alpha value is -1.43. The highest BCUT2D eigenvalue weighted by Crippen LogP contribution is 2.56. The lowest BCUT2D eigenvalue weighted by molar-refractivity contribution is 0.213. The molecule has 86 valence electrons. The van der Waals surface area contributed by atoms with Gasteiger partial charge in [-0.1, -0.05) is 16.9 Å². The van der Waals surface area contributed by atoms with Gasteiger partial charge in [0.1, 0.15) is 0 Å². The van der Waals surface area contributed by atoms with E-state index in [0.717, 1.165) is 11.2 Å². The Balaban J connectivity index is 2.15. The maximum atomic E-state index is 11.0. The maximum Gasteiger partial charge on any atom is 0.235 e. The minimum absolute atomic E-state index is 0.139. The summed E-state index contributed by atoms with van der Waals surface area (Å²) < 4.78 is 16.7. The molecule has 0 amide bonds. The third-order valence-corrected chi connectivity index (χ3v) is 3.52. The minimum Gasteiger partial charge on any atom is -0.492 e. The highest BCUT2D eigenvalue weighted by molar-refractivity contribution is 7.79. The molecular weight excluding hydrogens is 230 g/mol. The van der Waals surface area contributed by atoms with Crippen LogP contribution in [-0.4, -0.2) is 25.4 Å². The van der Waals surface area contributed by atoms with Crippen molar-refractivity contribution in [1.29, 1.82) is 0 Å². The molecule has 0 radical (unpaired) electrons. The molecule has 1 heterocycles. The molecule has 2 N–H and O–H groups in total. The van der Waals surface area contributed by atoms with E-state index < -0.39 is 11.1 Å². The van der Waals surface area contributed by atoms with Crippen molar-refractivity contribution < 1.29 is 18.7 Å². The number of aromatic nitrogens is 1. The number of fused-ring (bicyclic) bond motifs is 5. The minimum atomic E-state index is -1.59. The van der Waals surface area contributed by atoms with Crippen molar-refractivity contribution >= 4 is 11.1 Å². The van der Waals surface area contributed by atoms with E-state index in [4.69, 9.17) is 4.28 Å². The second-order valence-electron chi connectivity index (χ2n) is 4.08. The normalized spacial score (nSPS) is 27.1. The van der Waals surface area contributed by atoms with Gasteiger partial charge in [-0.2, -0.15) is 0 Å². The third kappa shape index (κ3) is 1.07. The fourth-order valence-electron chi connectivity index (χ4n) is 2.59. The molecule has 3 unspecified atom stereocenters. The Morgan fingerprint density at radius 1 is 1.31 bits per heavy atom. The summed E-state index contributed by atoms with van der Waals surface area (Å²) in [5.41, 5.74) is 1.41. The van der Waals surface area contributed by atoms with Gasteiger partial charge >= 0.3 is 0 Å². The van der Waals surface area contributed by atoms with Gasteiger partial charge in [-0.25, -0.2) is 4.21 Å². The topological polar surface area (TPSA) is 71.7 Å². The van der Waals surface area contributed by atoms with Crippen LogP contribution in [0.2, 0.25) is 0 Å². The zero-order valence-electron chi connectivity index (χ0n) is 8.58. The molecule has 0 aromatic carbocycles. The number of hydrogen-bond donors (Lipinski definition) is 2. The molecule has 6 heteroatoms. The molecule has 0 aliphatic heterocycles. The summed E-state index contributed by atoms with van der Waals surface area (Å²) >= 11 is -1.59. The lowest BCUT2D eigenvalue weighted by Gasteiger charge is -2.07. The molecule has 1 aromatic rings. The van der Waals surface area contributed by atoms with Gasteiger partial charge in [-0.3, -0.25) is 0 Å². The highest BCUT2D eigenvalue weighted by Gasteiger charge is 2.41. The second kappa shape index (κ2) is 3.04. The van der Waals surface area contributed by atoms with E-state index in [1.165, 1.54) is 6.26 Å². The molecule has 1 aromatic heterocycles. The van der Waals surface area contributed by atoms with E-state index in [-0.39, 0.29) is 23.6 Å². The van der Waals surface area contributed by atoms with Gasteiger partial charge in [-0.15, -0.1) is 0 Å². The van der Waals surface area contributed by atoms with Crippen molar-refractivity contribution in [2.24, 2.45) is 0 Å². The van der Waals surface area contributed by atoms with Crippen LogP contribution in [0.15, 0.2) is 12.2 Å². The number of rotatable bonds is 2. The first-order valence-corrected chi connectivity index (χ1v) is 6.45. The van der Waals surface area contributed by atoms with Gasteiger partial charge in [0, 0.05) is 23.0 Å². The molecule has 16 heavy (non-hydrogen) atoms. The van der Waals surface area contributed by atoms with E-state index in [1.54, 1.807) is 0 Å². The van der Waals surface area contributed by atoms with Crippen molar-refractivity contribution in [3.8, 4) is 11.8 Å². The van der Waals surface area contributed by atoms with Crippen LogP contribution >= 0.6 is 0 Å². The highest BCUT2D eigenvalue weighted by atomic mass is 32.2. The lowest BCUT2D eigenvalue weighted by atomic mass is 10.0. The van der Waals surface area contributed by atoms with Gasteiger partial charge in [0.05, 0.1) is 6.26 Å². The number of aromatic hydroxyl groups is 2. The molecular formula is C10H11NO4S. The largest absolute Gasteiger partial charge is 0.492 e. The molecule has 0 fully saturated rings. The quantitative estimate of drug-likeness (QED) is 0.750. The van der Waals surface area contributed by atoms with E-state index in [2.05, 4.69) is 0 Å². The van der Waals surface area contributed by atoms with Crippen molar-refractivity contribution in [2.45, 2.75) is 18.3 Å². The summed E-state index contributed by atoms with van der Waals surface area (Å²) in [6.45, 7) is 0. The summed E-state index contributed by atoms with van der Waals surface area (Å²) in [5, 5.41) is 19.8. The van der Waals surface area contributed by atoms with Crippen LogP contribution < -0.4 is 4.28 Å². The summed E-state index contributed by atoms with van der Waals surface area (Å²) in [6.07, 6.45) is 6.25. The van der Waals surface area contributed by atoms with Crippen LogP contribution in [0, 0.1) is 0 Å². The first-order valence-electron chi connectivity index (χ1n) is 4.96. The molecule has 2 bridgehead atoms. The maximum absolute atomic E-state index is 11.0. The lowest BCUT2D eigenvalue weighted by Crippen LogP contribution is -2.12. The van der Waals surface area contributed by atoms with E-state index in [0.29, 0.717) is 11.1 Å². The SMILES string of the molecule is CS(=O)On1c(O)c2c(c1O)C1C=CC2C1. The van der Waals surface area contributed by atoms with Crippen LogP contribution in [0.5, 0.6) is 11.8 Å². The van der Waals surface area contributed by atoms with Crippen molar-refractivity contribution in [3.05, 3.63) is 23.3 Å². The summed E-state index contributed by atoms with van der Waals surface area (Å²) in [6, 6.07) is 0. The molecule has 0 saturated carbocycles. The molecule has 3 atom stereocenters. The number of allylic oxidation sites excluding steroid dienone is 2. The monoisotopic (exact) mass is 241 g/mol. The number of hydrogen-bond acceptors (Lipinski definition) is 4. The van der Waals surface area contributed by atoms with Crippen molar-refractivity contribution in [3.63, 3.8) is 0 Å². The first-order chi connectivity index (χ1) is 7.59. The standard InChI is InChI=1S/C10H11NO4S/c1-16(14)15-11-9(12)7-5-2-3-6(4-5)8(7)10(11)13/h2-3,5-6,12-13H,4H2,1H3. The van der Waals surface area contributed by atoms with Gasteiger partial charge in [0.25, 0.3) is 0 Å². The molecule has 2 aliphatic carbocycles. The average molecular weight is 241 g/mol. The Labute approximate surface area is 94.6 Å². The fourth-order valence-corrected chi connectivity index (χ4v) is 2.94. The second-order valence-corrected chi connectivity index (χ2v) is 5.03. The third-order valence-electron chi connectivity index (χ3n) is 3.16. The zero-order chi connectivity index (χ0) is 11.4. The molecule has 2 aliphatic rings. The summed E-state index contributed by atoms with van der Waals surface area (Å²) in [4.78, 5) is 0. The average Bonchev–Trinajstić information content (AvgIpc) is 2.87. The Morgan fingerprint density at radius 3 is 2.25 bits per heavy atom. The summed E-state index contributed by atoms with van der Waals surface area (Å²) in [7, 11) is 0. The molecule has 3 rings (SSSR count). The Morgan fingerprint density at radius 2 is 1.81 bits per heavy atom. The first kappa shape index (κ1) is 9.77. The Kier molecular flexibility index (Phi) is 1.85. The molecule has 0 spiro atoms. The van der Waals surface area contributed by atoms with E-state index in [9.17, 15) is 14.4 Å². The zero-order valence-corrected chi connectivity index (χ0v) is 9.40. The van der Waals surface area contributed by atoms with Gasteiger partial charge < -0.3 is 14.5 Å². The Bertz CT molecular complexity index is 484. The van der Waals surface area contributed by atoms with Gasteiger partial charge in [0.15, 0.2) is 0 Å². The summed E-state index contributed by atoms with van der Waals surface area (Å²) in [5.74, 6) is 0.00110. The van der Waals surface area contributed by atoms with Crippen LogP contribution in [-0.2, 0) is 11.1 Å². The predicted molar refractivity (Wildman–Crippen MR) is 57.6 cm³/mol. The number of nitrogens with zero attached hydrogens (tertiary/aromatic N) is 1. The van der Waals surface area contributed by atoms with Crippen molar-refractivity contribution in [2.75, 3.05) is 6.26 Å². The van der Waals surface area contributed by atoms with Crippen molar-refractivity contribution in [1.82, 2.24) is 4.73 Å².